The fourth-order valence-corrected chi connectivity index (χ4v) is 4.05. The molecule has 2 aromatic carbocycles. The number of hydrogen-bond acceptors (Lipinski definition) is 2. The molecule has 0 bridgehead atoms. The first-order chi connectivity index (χ1) is 17.1. The standard InChI is InChI=1S/C32H38FNO/c1-4-6-10-22-35-25(3)12-8-7-9-13-30-20-19-29(24-34-30)27-15-17-28(18-16-27)31-21-14-26(11-5-2)23-32(31)33/h5,9,13-21,23-25H,2,4,6-8,10-12,22H2,1,3H3/b13-9+. The zero-order chi connectivity index (χ0) is 24.9. The molecule has 2 nitrogen and oxygen atoms in total. The summed E-state index contributed by atoms with van der Waals surface area (Å²) in [5, 5.41) is 0. The van der Waals surface area contributed by atoms with Crippen LogP contribution in [0.5, 0.6) is 0 Å². The summed E-state index contributed by atoms with van der Waals surface area (Å²) in [5.74, 6) is -0.205. The van der Waals surface area contributed by atoms with Gasteiger partial charge in [0.2, 0.25) is 0 Å². The van der Waals surface area contributed by atoms with Crippen LogP contribution in [0.3, 0.4) is 0 Å². The van der Waals surface area contributed by atoms with Gasteiger partial charge in [-0.05, 0) is 73.9 Å². The Bertz CT molecular complexity index is 1070. The lowest BCUT2D eigenvalue weighted by molar-refractivity contribution is 0.0566. The average Bonchev–Trinajstić information content (AvgIpc) is 2.87. The van der Waals surface area contributed by atoms with E-state index in [0.29, 0.717) is 18.1 Å². The molecule has 184 valence electrons. The summed E-state index contributed by atoms with van der Waals surface area (Å²) in [7, 11) is 0. The third kappa shape index (κ3) is 8.60. The van der Waals surface area contributed by atoms with Crippen LogP contribution in [0.4, 0.5) is 4.39 Å². The van der Waals surface area contributed by atoms with Crippen LogP contribution in [0.2, 0.25) is 0 Å². The summed E-state index contributed by atoms with van der Waals surface area (Å²) >= 11 is 0. The molecule has 3 rings (SSSR count). The SMILES string of the molecule is C=CCc1ccc(-c2ccc(-c3ccc(/C=C/CCCC(C)OCCCCC)nc3)cc2)c(F)c1. The van der Waals surface area contributed by atoms with Gasteiger partial charge in [0.15, 0.2) is 0 Å². The smallest absolute Gasteiger partial charge is 0.131 e. The van der Waals surface area contributed by atoms with Gasteiger partial charge in [-0.2, -0.15) is 0 Å². The number of ether oxygens (including phenoxy) is 1. The van der Waals surface area contributed by atoms with Crippen LogP contribution >= 0.6 is 0 Å². The van der Waals surface area contributed by atoms with Gasteiger partial charge in [0.25, 0.3) is 0 Å². The summed E-state index contributed by atoms with van der Waals surface area (Å²) < 4.78 is 20.4. The predicted octanol–water partition coefficient (Wildman–Crippen LogP) is 9.06. The number of pyridine rings is 1. The number of halogens is 1. The van der Waals surface area contributed by atoms with Crippen molar-refractivity contribution in [3.8, 4) is 22.3 Å². The van der Waals surface area contributed by atoms with Crippen molar-refractivity contribution in [1.29, 1.82) is 0 Å². The number of benzene rings is 2. The average molecular weight is 472 g/mol. The number of aromatic nitrogens is 1. The molecule has 0 fully saturated rings. The van der Waals surface area contributed by atoms with Gasteiger partial charge in [-0.15, -0.1) is 6.58 Å². The van der Waals surface area contributed by atoms with Crippen LogP contribution in [0.15, 0.2) is 79.5 Å². The first-order valence-corrected chi connectivity index (χ1v) is 12.8. The van der Waals surface area contributed by atoms with Crippen LogP contribution in [0.1, 0.15) is 63.6 Å². The topological polar surface area (TPSA) is 22.1 Å². The van der Waals surface area contributed by atoms with Crippen molar-refractivity contribution in [3.63, 3.8) is 0 Å². The fourth-order valence-electron chi connectivity index (χ4n) is 4.05. The van der Waals surface area contributed by atoms with E-state index in [1.807, 2.05) is 48.7 Å². The minimum absolute atomic E-state index is 0.205. The Hall–Kier alpha value is -3.04. The summed E-state index contributed by atoms with van der Waals surface area (Å²) in [6.45, 7) is 8.97. The molecule has 35 heavy (non-hydrogen) atoms. The molecule has 0 saturated heterocycles. The van der Waals surface area contributed by atoms with Gasteiger partial charge >= 0.3 is 0 Å². The Balaban J connectivity index is 1.49. The third-order valence-electron chi connectivity index (χ3n) is 6.15. The summed E-state index contributed by atoms with van der Waals surface area (Å²) in [5.41, 5.74) is 5.47. The van der Waals surface area contributed by atoms with Crippen molar-refractivity contribution < 1.29 is 9.13 Å². The van der Waals surface area contributed by atoms with Crippen molar-refractivity contribution in [2.45, 2.75) is 64.9 Å². The van der Waals surface area contributed by atoms with E-state index in [-0.39, 0.29) is 5.82 Å². The van der Waals surface area contributed by atoms with Gasteiger partial charge in [-0.1, -0.05) is 74.4 Å². The van der Waals surface area contributed by atoms with E-state index in [1.54, 1.807) is 12.1 Å². The first kappa shape index (κ1) is 26.6. The molecular weight excluding hydrogens is 433 g/mol. The van der Waals surface area contributed by atoms with Crippen molar-refractivity contribution >= 4 is 6.08 Å². The highest BCUT2D eigenvalue weighted by atomic mass is 19.1. The first-order valence-electron chi connectivity index (χ1n) is 12.8. The zero-order valence-electron chi connectivity index (χ0n) is 21.2. The van der Waals surface area contributed by atoms with Gasteiger partial charge in [-0.3, -0.25) is 4.98 Å². The van der Waals surface area contributed by atoms with Gasteiger partial charge in [0.1, 0.15) is 5.82 Å². The predicted molar refractivity (Wildman–Crippen MR) is 147 cm³/mol. The summed E-state index contributed by atoms with van der Waals surface area (Å²) in [4.78, 5) is 4.59. The van der Waals surface area contributed by atoms with Crippen LogP contribution in [-0.2, 0) is 11.2 Å². The minimum Gasteiger partial charge on any atom is -0.379 e. The zero-order valence-corrected chi connectivity index (χ0v) is 21.2. The molecule has 1 unspecified atom stereocenters. The van der Waals surface area contributed by atoms with Crippen molar-refractivity contribution in [1.82, 2.24) is 4.98 Å². The lowest BCUT2D eigenvalue weighted by atomic mass is 9.99. The molecule has 0 spiro atoms. The lowest BCUT2D eigenvalue weighted by Crippen LogP contribution is -2.08. The van der Waals surface area contributed by atoms with Gasteiger partial charge in [0, 0.05) is 23.9 Å². The normalized spacial score (nSPS) is 12.2. The molecule has 0 saturated carbocycles. The Morgan fingerprint density at radius 3 is 2.43 bits per heavy atom. The Kier molecular flexibility index (Phi) is 10.9. The number of rotatable bonds is 14. The number of nitrogens with zero attached hydrogens (tertiary/aromatic N) is 1. The highest BCUT2D eigenvalue weighted by molar-refractivity contribution is 5.71. The fraction of sp³-hybridized carbons (Fsp3) is 0.344. The number of hydrogen-bond donors (Lipinski definition) is 0. The van der Waals surface area contributed by atoms with Crippen LogP contribution in [-0.4, -0.2) is 17.7 Å². The molecule has 0 radical (unpaired) electrons. The molecular formula is C32H38FNO. The van der Waals surface area contributed by atoms with Crippen LogP contribution in [0, 0.1) is 5.82 Å². The molecule has 0 aliphatic carbocycles. The molecule has 1 atom stereocenters. The molecule has 3 heteroatoms. The van der Waals surface area contributed by atoms with E-state index in [4.69, 9.17) is 4.74 Å². The maximum atomic E-state index is 14.5. The number of unbranched alkanes of at least 4 members (excludes halogenated alkanes) is 3. The number of allylic oxidation sites excluding steroid dienone is 2. The van der Waals surface area contributed by atoms with Gasteiger partial charge in [0.05, 0.1) is 11.8 Å². The second kappa shape index (κ2) is 14.4. The highest BCUT2D eigenvalue weighted by Crippen LogP contribution is 2.27. The molecule has 0 aliphatic rings. The van der Waals surface area contributed by atoms with Crippen molar-refractivity contribution in [2.75, 3.05) is 6.61 Å². The van der Waals surface area contributed by atoms with E-state index < -0.39 is 0 Å². The quantitative estimate of drug-likeness (QED) is 0.173. The largest absolute Gasteiger partial charge is 0.379 e. The molecule has 0 aliphatic heterocycles. The maximum Gasteiger partial charge on any atom is 0.131 e. The maximum absolute atomic E-state index is 14.5. The second-order valence-corrected chi connectivity index (χ2v) is 9.08. The van der Waals surface area contributed by atoms with E-state index in [0.717, 1.165) is 60.2 Å². The van der Waals surface area contributed by atoms with E-state index >= 15 is 0 Å². The van der Waals surface area contributed by atoms with E-state index in [9.17, 15) is 4.39 Å². The molecule has 3 aromatic rings. The van der Waals surface area contributed by atoms with Gasteiger partial charge < -0.3 is 4.74 Å². The Morgan fingerprint density at radius 2 is 1.74 bits per heavy atom. The van der Waals surface area contributed by atoms with Crippen molar-refractivity contribution in [3.05, 3.63) is 96.6 Å². The van der Waals surface area contributed by atoms with E-state index in [1.165, 1.54) is 12.8 Å². The van der Waals surface area contributed by atoms with Crippen molar-refractivity contribution in [2.24, 2.45) is 0 Å². The Morgan fingerprint density at radius 1 is 0.971 bits per heavy atom. The van der Waals surface area contributed by atoms with Crippen LogP contribution in [0.25, 0.3) is 28.3 Å². The molecule has 1 heterocycles. The van der Waals surface area contributed by atoms with Gasteiger partial charge in [-0.25, -0.2) is 4.39 Å². The second-order valence-electron chi connectivity index (χ2n) is 9.08. The van der Waals surface area contributed by atoms with E-state index in [2.05, 4.69) is 43.6 Å². The summed E-state index contributed by atoms with van der Waals surface area (Å²) in [6, 6.07) is 17.5. The Labute approximate surface area is 210 Å². The molecule has 0 N–H and O–H groups in total. The minimum atomic E-state index is -0.205. The lowest BCUT2D eigenvalue weighted by Gasteiger charge is -2.11. The highest BCUT2D eigenvalue weighted by Gasteiger charge is 2.07. The van der Waals surface area contributed by atoms with Crippen LogP contribution < -0.4 is 0 Å². The monoisotopic (exact) mass is 471 g/mol. The molecule has 0 amide bonds. The summed E-state index contributed by atoms with van der Waals surface area (Å²) in [6.07, 6.45) is 15.8. The molecule has 1 aromatic heterocycles. The third-order valence-corrected chi connectivity index (χ3v) is 6.15.